The number of anilines is 1. The lowest BCUT2D eigenvalue weighted by atomic mass is 10.1. The first kappa shape index (κ1) is 18.9. The van der Waals surface area contributed by atoms with Crippen LogP contribution in [0.5, 0.6) is 0 Å². The van der Waals surface area contributed by atoms with Crippen LogP contribution in [0.1, 0.15) is 24.7 Å². The highest BCUT2D eigenvalue weighted by Crippen LogP contribution is 2.18. The van der Waals surface area contributed by atoms with Crippen molar-refractivity contribution in [1.82, 2.24) is 19.6 Å². The molecule has 0 unspecified atom stereocenters. The molecule has 0 aromatic carbocycles. The molecule has 1 aromatic rings. The largest absolute Gasteiger partial charge is 0.383 e. The summed E-state index contributed by atoms with van der Waals surface area (Å²) in [6.07, 6.45) is 1.09. The number of ether oxygens (including phenoxy) is 1. The summed E-state index contributed by atoms with van der Waals surface area (Å²) in [6.45, 7) is 11.1. The minimum absolute atomic E-state index is 0.0365. The number of carbonyl (C=O) groups is 1. The van der Waals surface area contributed by atoms with E-state index in [2.05, 4.69) is 27.1 Å². The van der Waals surface area contributed by atoms with Crippen LogP contribution in [0.3, 0.4) is 0 Å². The molecule has 1 aromatic heterocycles. The predicted octanol–water partition coefficient (Wildman–Crippen LogP) is 1.02. The van der Waals surface area contributed by atoms with Gasteiger partial charge in [0.1, 0.15) is 0 Å². The first-order chi connectivity index (χ1) is 11.5. The lowest BCUT2D eigenvalue weighted by Crippen LogP contribution is -2.54. The second kappa shape index (κ2) is 8.60. The summed E-state index contributed by atoms with van der Waals surface area (Å²) in [6, 6.07) is 0.489. The van der Waals surface area contributed by atoms with Crippen LogP contribution in [-0.2, 0) is 16.6 Å². The molecule has 7 heteroatoms. The van der Waals surface area contributed by atoms with E-state index in [-0.39, 0.29) is 5.91 Å². The maximum atomic E-state index is 12.4. The fraction of sp³-hybridized carbons (Fsp3) is 0.765. The molecule has 2 rings (SSSR count). The van der Waals surface area contributed by atoms with E-state index in [0.717, 1.165) is 56.3 Å². The van der Waals surface area contributed by atoms with Gasteiger partial charge in [0.2, 0.25) is 5.91 Å². The third kappa shape index (κ3) is 4.55. The lowest BCUT2D eigenvalue weighted by molar-refractivity contribution is -0.118. The van der Waals surface area contributed by atoms with Crippen LogP contribution in [0.4, 0.5) is 5.69 Å². The summed E-state index contributed by atoms with van der Waals surface area (Å²) in [7, 11) is 3.63. The number of piperazine rings is 1. The van der Waals surface area contributed by atoms with Gasteiger partial charge in [0.25, 0.3) is 0 Å². The summed E-state index contributed by atoms with van der Waals surface area (Å²) >= 11 is 0. The van der Waals surface area contributed by atoms with Gasteiger partial charge in [0, 0.05) is 46.4 Å². The number of amides is 1. The Morgan fingerprint density at radius 2 is 2.12 bits per heavy atom. The normalized spacial score (nSPS) is 19.6. The molecule has 0 radical (unpaired) electrons. The van der Waals surface area contributed by atoms with Gasteiger partial charge in [0.15, 0.2) is 0 Å². The Balaban J connectivity index is 1.88. The molecule has 0 aliphatic carbocycles. The molecule has 24 heavy (non-hydrogen) atoms. The number of aryl methyl sites for hydroxylation is 2. The van der Waals surface area contributed by atoms with Crippen molar-refractivity contribution < 1.29 is 9.53 Å². The SMILES string of the molecule is CC[C@@H]1CN(CC(=O)Nc2c(C)nn(C)c2C)CCN1CCOC. The zero-order valence-electron chi connectivity index (χ0n) is 15.6. The molecule has 7 nitrogen and oxygen atoms in total. The average Bonchev–Trinajstić information content (AvgIpc) is 2.79. The monoisotopic (exact) mass is 337 g/mol. The van der Waals surface area contributed by atoms with E-state index < -0.39 is 0 Å². The highest BCUT2D eigenvalue weighted by Gasteiger charge is 2.26. The topological polar surface area (TPSA) is 62.6 Å². The van der Waals surface area contributed by atoms with Crippen LogP contribution >= 0.6 is 0 Å². The van der Waals surface area contributed by atoms with Crippen molar-refractivity contribution in [2.75, 3.05) is 51.8 Å². The molecule has 0 saturated carbocycles. The van der Waals surface area contributed by atoms with Crippen LogP contribution in [0.15, 0.2) is 0 Å². The van der Waals surface area contributed by atoms with Crippen molar-refractivity contribution in [3.05, 3.63) is 11.4 Å². The Hall–Kier alpha value is -1.44. The molecule has 1 amide bonds. The number of nitrogens with zero attached hydrogens (tertiary/aromatic N) is 4. The highest BCUT2D eigenvalue weighted by molar-refractivity contribution is 5.93. The van der Waals surface area contributed by atoms with Gasteiger partial charge in [0.05, 0.1) is 30.2 Å². The van der Waals surface area contributed by atoms with Crippen molar-refractivity contribution in [2.45, 2.75) is 33.2 Å². The third-order valence-electron chi connectivity index (χ3n) is 4.88. The smallest absolute Gasteiger partial charge is 0.238 e. The number of rotatable bonds is 7. The van der Waals surface area contributed by atoms with Gasteiger partial charge >= 0.3 is 0 Å². The molecule has 0 bridgehead atoms. The van der Waals surface area contributed by atoms with Gasteiger partial charge in [-0.1, -0.05) is 6.92 Å². The molecule has 136 valence electrons. The number of hydrogen-bond acceptors (Lipinski definition) is 5. The average molecular weight is 337 g/mol. The lowest BCUT2D eigenvalue weighted by Gasteiger charge is -2.40. The number of nitrogens with one attached hydrogen (secondary N) is 1. The predicted molar refractivity (Wildman–Crippen MR) is 95.3 cm³/mol. The number of aromatic nitrogens is 2. The van der Waals surface area contributed by atoms with Crippen LogP contribution in [-0.4, -0.2) is 78.0 Å². The Morgan fingerprint density at radius 3 is 2.71 bits per heavy atom. The fourth-order valence-electron chi connectivity index (χ4n) is 3.33. The summed E-state index contributed by atoms with van der Waals surface area (Å²) in [5.74, 6) is 0.0365. The van der Waals surface area contributed by atoms with Crippen LogP contribution in [0.25, 0.3) is 0 Å². The van der Waals surface area contributed by atoms with Gasteiger partial charge < -0.3 is 10.1 Å². The minimum Gasteiger partial charge on any atom is -0.383 e. The Kier molecular flexibility index (Phi) is 6.77. The second-order valence-corrected chi connectivity index (χ2v) is 6.54. The van der Waals surface area contributed by atoms with Gasteiger partial charge in [-0.3, -0.25) is 19.3 Å². The number of methoxy groups -OCH3 is 1. The van der Waals surface area contributed by atoms with E-state index >= 15 is 0 Å². The van der Waals surface area contributed by atoms with E-state index in [1.807, 2.05) is 20.9 Å². The van der Waals surface area contributed by atoms with Crippen LogP contribution < -0.4 is 5.32 Å². The summed E-state index contributed by atoms with van der Waals surface area (Å²) in [5.41, 5.74) is 2.68. The maximum Gasteiger partial charge on any atom is 0.238 e. The molecular formula is C17H31N5O2. The van der Waals surface area contributed by atoms with E-state index in [9.17, 15) is 4.79 Å². The Labute approximate surface area is 144 Å². The fourth-order valence-corrected chi connectivity index (χ4v) is 3.33. The quantitative estimate of drug-likeness (QED) is 0.805. The molecule has 0 spiro atoms. The molecular weight excluding hydrogens is 306 g/mol. The highest BCUT2D eigenvalue weighted by atomic mass is 16.5. The van der Waals surface area contributed by atoms with Crippen molar-refractivity contribution in [2.24, 2.45) is 7.05 Å². The van der Waals surface area contributed by atoms with Gasteiger partial charge in [-0.25, -0.2) is 0 Å². The summed E-state index contributed by atoms with van der Waals surface area (Å²) in [5, 5.41) is 7.37. The van der Waals surface area contributed by atoms with Gasteiger partial charge in [-0.2, -0.15) is 5.10 Å². The Morgan fingerprint density at radius 1 is 1.38 bits per heavy atom. The molecule has 1 aliphatic heterocycles. The maximum absolute atomic E-state index is 12.4. The number of hydrogen-bond donors (Lipinski definition) is 1. The van der Waals surface area contributed by atoms with Crippen molar-refractivity contribution in [1.29, 1.82) is 0 Å². The second-order valence-electron chi connectivity index (χ2n) is 6.54. The zero-order valence-corrected chi connectivity index (χ0v) is 15.6. The van der Waals surface area contributed by atoms with Crippen LogP contribution in [0.2, 0.25) is 0 Å². The van der Waals surface area contributed by atoms with Crippen molar-refractivity contribution in [3.8, 4) is 0 Å². The molecule has 1 N–H and O–H groups in total. The third-order valence-corrected chi connectivity index (χ3v) is 4.88. The first-order valence-electron chi connectivity index (χ1n) is 8.71. The Bertz CT molecular complexity index is 557. The standard InChI is InChI=1S/C17H31N5O2/c1-6-15-11-21(7-8-22(15)9-10-24-5)12-16(23)18-17-13(2)19-20(4)14(17)3/h15H,6-12H2,1-5H3,(H,18,23)/t15-/m1/s1. The van der Waals surface area contributed by atoms with Gasteiger partial charge in [-0.05, 0) is 20.3 Å². The summed E-state index contributed by atoms with van der Waals surface area (Å²) in [4.78, 5) is 17.1. The van der Waals surface area contributed by atoms with Crippen molar-refractivity contribution >= 4 is 11.6 Å². The minimum atomic E-state index is 0.0365. The van der Waals surface area contributed by atoms with E-state index in [1.165, 1.54) is 0 Å². The van der Waals surface area contributed by atoms with Crippen molar-refractivity contribution in [3.63, 3.8) is 0 Å². The molecule has 1 saturated heterocycles. The molecule has 1 fully saturated rings. The zero-order chi connectivity index (χ0) is 17.7. The molecule has 1 aliphatic rings. The van der Waals surface area contributed by atoms with E-state index in [0.29, 0.717) is 12.6 Å². The van der Waals surface area contributed by atoms with Crippen LogP contribution in [0, 0.1) is 13.8 Å². The van der Waals surface area contributed by atoms with E-state index in [4.69, 9.17) is 4.74 Å². The molecule has 2 heterocycles. The molecule has 1 atom stereocenters. The number of carbonyl (C=O) groups excluding carboxylic acids is 1. The van der Waals surface area contributed by atoms with E-state index in [1.54, 1.807) is 11.8 Å². The summed E-state index contributed by atoms with van der Waals surface area (Å²) < 4.78 is 6.99. The van der Waals surface area contributed by atoms with Gasteiger partial charge in [-0.15, -0.1) is 0 Å². The first-order valence-corrected chi connectivity index (χ1v) is 8.71.